The van der Waals surface area contributed by atoms with Gasteiger partial charge < -0.3 is 14.9 Å². The number of halogens is 2. The monoisotopic (exact) mass is 302 g/mol. The van der Waals surface area contributed by atoms with Gasteiger partial charge in [0.25, 0.3) is 0 Å². The summed E-state index contributed by atoms with van der Waals surface area (Å²) in [6.07, 6.45) is 1.84. The highest BCUT2D eigenvalue weighted by molar-refractivity contribution is 5.72. The maximum Gasteiger partial charge on any atom is 0.387 e. The number of aliphatic hydroxyl groups is 1. The van der Waals surface area contributed by atoms with E-state index in [1.807, 2.05) is 6.92 Å². The molecule has 0 radical (unpaired) electrons. The van der Waals surface area contributed by atoms with Crippen molar-refractivity contribution in [3.63, 3.8) is 0 Å². The fourth-order valence-corrected chi connectivity index (χ4v) is 2.23. The SMILES string of the molecule is CCCCC(C(=O)O)C(C)(O)c1ccc(OC(F)F)cc1. The topological polar surface area (TPSA) is 66.8 Å². The van der Waals surface area contributed by atoms with Crippen LogP contribution in [-0.4, -0.2) is 22.8 Å². The molecular formula is C15H20F2O4. The Kier molecular flexibility index (Phi) is 6.08. The normalized spacial score (nSPS) is 15.5. The van der Waals surface area contributed by atoms with Crippen molar-refractivity contribution in [2.24, 2.45) is 5.92 Å². The minimum absolute atomic E-state index is 0.0371. The van der Waals surface area contributed by atoms with Crippen molar-refractivity contribution in [2.75, 3.05) is 0 Å². The summed E-state index contributed by atoms with van der Waals surface area (Å²) in [5.74, 6) is -2.08. The van der Waals surface area contributed by atoms with E-state index in [1.165, 1.54) is 31.2 Å². The zero-order chi connectivity index (χ0) is 16.0. The van der Waals surface area contributed by atoms with Gasteiger partial charge in [-0.1, -0.05) is 31.9 Å². The number of aliphatic carboxylic acids is 1. The minimum atomic E-state index is -2.92. The van der Waals surface area contributed by atoms with E-state index >= 15 is 0 Å². The van der Waals surface area contributed by atoms with Crippen LogP contribution < -0.4 is 4.74 Å². The fourth-order valence-electron chi connectivity index (χ4n) is 2.23. The van der Waals surface area contributed by atoms with Crippen molar-refractivity contribution in [1.29, 1.82) is 0 Å². The lowest BCUT2D eigenvalue weighted by molar-refractivity contribution is -0.152. The van der Waals surface area contributed by atoms with Gasteiger partial charge in [-0.05, 0) is 31.0 Å². The first-order valence-electron chi connectivity index (χ1n) is 6.79. The lowest BCUT2D eigenvalue weighted by Gasteiger charge is -2.30. The van der Waals surface area contributed by atoms with E-state index in [9.17, 15) is 23.8 Å². The first-order chi connectivity index (χ1) is 9.78. The van der Waals surface area contributed by atoms with Crippen LogP contribution in [0.5, 0.6) is 5.75 Å². The number of ether oxygens (including phenoxy) is 1. The maximum absolute atomic E-state index is 12.1. The minimum Gasteiger partial charge on any atom is -0.481 e. The zero-order valence-electron chi connectivity index (χ0n) is 12.1. The number of hydrogen-bond acceptors (Lipinski definition) is 3. The second-order valence-electron chi connectivity index (χ2n) is 5.08. The van der Waals surface area contributed by atoms with Crippen molar-refractivity contribution >= 4 is 5.97 Å². The number of carbonyl (C=O) groups is 1. The number of carboxylic acid groups (broad SMARTS) is 1. The molecule has 1 aromatic rings. The Morgan fingerprint density at radius 3 is 2.33 bits per heavy atom. The number of alkyl halides is 2. The summed E-state index contributed by atoms with van der Waals surface area (Å²) in [6, 6.07) is 5.38. The van der Waals surface area contributed by atoms with Crippen molar-refractivity contribution in [3.05, 3.63) is 29.8 Å². The summed E-state index contributed by atoms with van der Waals surface area (Å²) in [6.45, 7) is 0.432. The number of carboxylic acids is 1. The first kappa shape index (κ1) is 17.4. The molecular weight excluding hydrogens is 282 g/mol. The highest BCUT2D eigenvalue weighted by Gasteiger charge is 2.38. The van der Waals surface area contributed by atoms with Crippen LogP contribution in [0.4, 0.5) is 8.78 Å². The van der Waals surface area contributed by atoms with Crippen LogP contribution in [-0.2, 0) is 10.4 Å². The van der Waals surface area contributed by atoms with E-state index in [4.69, 9.17) is 0 Å². The molecule has 6 heteroatoms. The molecule has 21 heavy (non-hydrogen) atoms. The molecule has 0 saturated heterocycles. The average Bonchev–Trinajstić information content (AvgIpc) is 2.38. The van der Waals surface area contributed by atoms with Gasteiger partial charge in [0, 0.05) is 0 Å². The lowest BCUT2D eigenvalue weighted by atomic mass is 9.80. The highest BCUT2D eigenvalue weighted by atomic mass is 19.3. The number of unbranched alkanes of at least 4 members (excludes halogenated alkanes) is 1. The molecule has 0 heterocycles. The molecule has 0 aromatic heterocycles. The second-order valence-corrected chi connectivity index (χ2v) is 5.08. The summed E-state index contributed by atoms with van der Waals surface area (Å²) < 4.78 is 28.4. The number of rotatable bonds is 8. The Balaban J connectivity index is 2.95. The summed E-state index contributed by atoms with van der Waals surface area (Å²) in [5.41, 5.74) is -1.22. The predicted octanol–water partition coefficient (Wildman–Crippen LogP) is 3.39. The number of hydrogen-bond donors (Lipinski definition) is 2. The van der Waals surface area contributed by atoms with Gasteiger partial charge in [0.2, 0.25) is 0 Å². The number of benzene rings is 1. The molecule has 0 aliphatic carbocycles. The molecule has 118 valence electrons. The summed E-state index contributed by atoms with van der Waals surface area (Å²) in [5, 5.41) is 19.8. The van der Waals surface area contributed by atoms with Gasteiger partial charge in [0.1, 0.15) is 11.4 Å². The van der Waals surface area contributed by atoms with Gasteiger partial charge in [-0.25, -0.2) is 0 Å². The van der Waals surface area contributed by atoms with E-state index in [-0.39, 0.29) is 5.75 Å². The van der Waals surface area contributed by atoms with Crippen molar-refractivity contribution in [1.82, 2.24) is 0 Å². The Morgan fingerprint density at radius 1 is 1.33 bits per heavy atom. The quantitative estimate of drug-likeness (QED) is 0.772. The van der Waals surface area contributed by atoms with Crippen LogP contribution in [0.25, 0.3) is 0 Å². The van der Waals surface area contributed by atoms with E-state index in [2.05, 4.69) is 4.74 Å². The van der Waals surface area contributed by atoms with Gasteiger partial charge in [-0.3, -0.25) is 4.79 Å². The summed E-state index contributed by atoms with van der Waals surface area (Å²) >= 11 is 0. The molecule has 1 rings (SSSR count). The Bertz CT molecular complexity index is 457. The van der Waals surface area contributed by atoms with Gasteiger partial charge in [-0.2, -0.15) is 8.78 Å². The summed E-state index contributed by atoms with van der Waals surface area (Å²) in [7, 11) is 0. The molecule has 4 nitrogen and oxygen atoms in total. The summed E-state index contributed by atoms with van der Waals surface area (Å²) in [4.78, 5) is 11.4. The van der Waals surface area contributed by atoms with Gasteiger partial charge in [0.15, 0.2) is 0 Å². The Hall–Kier alpha value is -1.69. The van der Waals surface area contributed by atoms with Crippen LogP contribution in [0.2, 0.25) is 0 Å². The van der Waals surface area contributed by atoms with Crippen LogP contribution in [0.1, 0.15) is 38.7 Å². The predicted molar refractivity (Wildman–Crippen MR) is 73.3 cm³/mol. The lowest BCUT2D eigenvalue weighted by Crippen LogP contribution is -2.37. The third kappa shape index (κ3) is 4.67. The van der Waals surface area contributed by atoms with Gasteiger partial charge >= 0.3 is 12.6 Å². The second kappa shape index (κ2) is 7.36. The molecule has 0 aliphatic heterocycles. The third-order valence-electron chi connectivity index (χ3n) is 3.49. The first-order valence-corrected chi connectivity index (χ1v) is 6.79. The van der Waals surface area contributed by atoms with E-state index in [0.717, 1.165) is 6.42 Å². The van der Waals surface area contributed by atoms with Crippen LogP contribution >= 0.6 is 0 Å². The van der Waals surface area contributed by atoms with Crippen LogP contribution in [0, 0.1) is 5.92 Å². The molecule has 0 bridgehead atoms. The van der Waals surface area contributed by atoms with E-state index in [1.54, 1.807) is 0 Å². The standard InChI is InChI=1S/C15H20F2O4/c1-3-4-5-12(13(18)19)15(2,20)10-6-8-11(9-7-10)21-14(16)17/h6-9,12,14,20H,3-5H2,1-2H3,(H,18,19). The third-order valence-corrected chi connectivity index (χ3v) is 3.49. The molecule has 0 fully saturated rings. The molecule has 0 saturated carbocycles. The fraction of sp³-hybridized carbons (Fsp3) is 0.533. The Morgan fingerprint density at radius 2 is 1.90 bits per heavy atom. The molecule has 1 aromatic carbocycles. The molecule has 2 atom stereocenters. The molecule has 0 aliphatic rings. The van der Waals surface area contributed by atoms with Crippen LogP contribution in [0.15, 0.2) is 24.3 Å². The van der Waals surface area contributed by atoms with Crippen LogP contribution in [0.3, 0.4) is 0 Å². The van der Waals surface area contributed by atoms with Crippen molar-refractivity contribution in [3.8, 4) is 5.75 Å². The Labute approximate surface area is 122 Å². The molecule has 0 amide bonds. The smallest absolute Gasteiger partial charge is 0.387 e. The van der Waals surface area contributed by atoms with Gasteiger partial charge in [0.05, 0.1) is 5.92 Å². The maximum atomic E-state index is 12.1. The van der Waals surface area contributed by atoms with Crippen molar-refractivity contribution < 1.29 is 28.5 Å². The molecule has 0 spiro atoms. The zero-order valence-corrected chi connectivity index (χ0v) is 12.1. The molecule has 2 unspecified atom stereocenters. The molecule has 2 N–H and O–H groups in total. The largest absolute Gasteiger partial charge is 0.481 e. The van der Waals surface area contributed by atoms with Crippen molar-refractivity contribution in [2.45, 2.75) is 45.3 Å². The highest BCUT2D eigenvalue weighted by Crippen LogP contribution is 2.34. The van der Waals surface area contributed by atoms with Gasteiger partial charge in [-0.15, -0.1) is 0 Å². The van der Waals surface area contributed by atoms with E-state index in [0.29, 0.717) is 18.4 Å². The van der Waals surface area contributed by atoms with E-state index < -0.39 is 24.1 Å². The average molecular weight is 302 g/mol.